The standard InChI is InChI=1S/C14H14O3/c1-9(10(2)15)13-7-5-11-4-6-12(16-3)8-14(11)17-13/h4-8H,1-3H3/b13-9+. The van der Waals surface area contributed by atoms with Gasteiger partial charge in [0.15, 0.2) is 5.78 Å². The van der Waals surface area contributed by atoms with Crippen LogP contribution in [0.3, 0.4) is 0 Å². The highest BCUT2D eigenvalue weighted by Crippen LogP contribution is 2.32. The topological polar surface area (TPSA) is 35.5 Å². The number of allylic oxidation sites excluding steroid dienone is 2. The van der Waals surface area contributed by atoms with Crippen molar-refractivity contribution < 1.29 is 14.3 Å². The number of methoxy groups -OCH3 is 1. The predicted octanol–water partition coefficient (Wildman–Crippen LogP) is 2.96. The third-order valence-corrected chi connectivity index (χ3v) is 2.75. The summed E-state index contributed by atoms with van der Waals surface area (Å²) in [4.78, 5) is 11.3. The fourth-order valence-electron chi connectivity index (χ4n) is 1.56. The smallest absolute Gasteiger partial charge is 0.159 e. The van der Waals surface area contributed by atoms with Gasteiger partial charge in [0.2, 0.25) is 0 Å². The highest BCUT2D eigenvalue weighted by molar-refractivity contribution is 5.94. The van der Waals surface area contributed by atoms with Crippen LogP contribution in [0.1, 0.15) is 19.4 Å². The van der Waals surface area contributed by atoms with E-state index in [0.717, 1.165) is 11.3 Å². The number of fused-ring (bicyclic) bond motifs is 1. The minimum atomic E-state index is 0.0102. The van der Waals surface area contributed by atoms with Crippen LogP contribution >= 0.6 is 0 Å². The number of hydrogen-bond acceptors (Lipinski definition) is 3. The van der Waals surface area contributed by atoms with Gasteiger partial charge in [0.05, 0.1) is 7.11 Å². The SMILES string of the molecule is COc1ccc2c(c1)O/C(=C(\C)C(C)=O)C=C2. The van der Waals surface area contributed by atoms with Gasteiger partial charge in [-0.2, -0.15) is 0 Å². The van der Waals surface area contributed by atoms with E-state index >= 15 is 0 Å². The number of rotatable bonds is 2. The molecule has 1 heterocycles. The number of benzene rings is 1. The molecule has 0 unspecified atom stereocenters. The predicted molar refractivity (Wildman–Crippen MR) is 66.0 cm³/mol. The van der Waals surface area contributed by atoms with E-state index in [1.807, 2.05) is 30.4 Å². The van der Waals surface area contributed by atoms with Gasteiger partial charge in [0.1, 0.15) is 17.3 Å². The Kier molecular flexibility index (Phi) is 3.00. The summed E-state index contributed by atoms with van der Waals surface area (Å²) in [7, 11) is 1.61. The van der Waals surface area contributed by atoms with E-state index in [-0.39, 0.29) is 5.78 Å². The van der Waals surface area contributed by atoms with Gasteiger partial charge in [-0.25, -0.2) is 0 Å². The molecule has 3 heteroatoms. The van der Waals surface area contributed by atoms with Crippen molar-refractivity contribution in [2.75, 3.05) is 7.11 Å². The highest BCUT2D eigenvalue weighted by atomic mass is 16.5. The lowest BCUT2D eigenvalue weighted by Gasteiger charge is -2.16. The molecule has 0 aliphatic carbocycles. The lowest BCUT2D eigenvalue weighted by Crippen LogP contribution is -2.06. The van der Waals surface area contributed by atoms with Crippen molar-refractivity contribution in [1.82, 2.24) is 0 Å². The van der Waals surface area contributed by atoms with Crippen LogP contribution in [0.25, 0.3) is 6.08 Å². The zero-order chi connectivity index (χ0) is 12.4. The van der Waals surface area contributed by atoms with E-state index in [9.17, 15) is 4.79 Å². The summed E-state index contributed by atoms with van der Waals surface area (Å²) in [6, 6.07) is 5.61. The lowest BCUT2D eigenvalue weighted by atomic mass is 10.1. The van der Waals surface area contributed by atoms with Crippen LogP contribution in [-0.2, 0) is 4.79 Å². The molecule has 1 aromatic carbocycles. The molecule has 88 valence electrons. The van der Waals surface area contributed by atoms with Gasteiger partial charge in [-0.05, 0) is 38.1 Å². The van der Waals surface area contributed by atoms with Crippen molar-refractivity contribution in [2.24, 2.45) is 0 Å². The van der Waals surface area contributed by atoms with E-state index < -0.39 is 0 Å². The first-order valence-corrected chi connectivity index (χ1v) is 5.37. The molecule has 0 fully saturated rings. The molecular weight excluding hydrogens is 216 g/mol. The third-order valence-electron chi connectivity index (χ3n) is 2.75. The second-order valence-corrected chi connectivity index (χ2v) is 3.88. The van der Waals surface area contributed by atoms with Crippen LogP contribution in [0.15, 0.2) is 35.6 Å². The van der Waals surface area contributed by atoms with Gasteiger partial charge < -0.3 is 9.47 Å². The molecule has 0 saturated carbocycles. The highest BCUT2D eigenvalue weighted by Gasteiger charge is 2.14. The van der Waals surface area contributed by atoms with Crippen molar-refractivity contribution in [3.8, 4) is 11.5 Å². The van der Waals surface area contributed by atoms with E-state index in [2.05, 4.69) is 0 Å². The van der Waals surface area contributed by atoms with Crippen LogP contribution in [0.5, 0.6) is 11.5 Å². The first-order valence-electron chi connectivity index (χ1n) is 5.37. The van der Waals surface area contributed by atoms with Gasteiger partial charge in [-0.3, -0.25) is 4.79 Å². The largest absolute Gasteiger partial charge is 0.497 e. The molecule has 0 atom stereocenters. The van der Waals surface area contributed by atoms with Gasteiger partial charge in [0, 0.05) is 17.2 Å². The average molecular weight is 230 g/mol. The second-order valence-electron chi connectivity index (χ2n) is 3.88. The lowest BCUT2D eigenvalue weighted by molar-refractivity contribution is -0.113. The molecule has 2 rings (SSSR count). The summed E-state index contributed by atoms with van der Waals surface area (Å²) < 4.78 is 10.8. The molecule has 0 saturated heterocycles. The summed E-state index contributed by atoms with van der Waals surface area (Å²) in [5.41, 5.74) is 1.60. The van der Waals surface area contributed by atoms with Gasteiger partial charge in [0.25, 0.3) is 0 Å². The summed E-state index contributed by atoms with van der Waals surface area (Å²) in [5, 5.41) is 0. The average Bonchev–Trinajstić information content (AvgIpc) is 2.36. The van der Waals surface area contributed by atoms with E-state index in [1.54, 1.807) is 14.0 Å². The second kappa shape index (κ2) is 4.45. The van der Waals surface area contributed by atoms with Crippen LogP contribution in [0, 0.1) is 0 Å². The first kappa shape index (κ1) is 11.5. The Balaban J connectivity index is 2.41. The quantitative estimate of drug-likeness (QED) is 0.733. The van der Waals surface area contributed by atoms with Crippen molar-refractivity contribution in [3.05, 3.63) is 41.2 Å². The Morgan fingerprint density at radius 3 is 2.65 bits per heavy atom. The summed E-state index contributed by atoms with van der Waals surface area (Å²) in [6.45, 7) is 3.29. The Morgan fingerprint density at radius 1 is 1.24 bits per heavy atom. The monoisotopic (exact) mass is 230 g/mol. The fourth-order valence-corrected chi connectivity index (χ4v) is 1.56. The van der Waals surface area contributed by atoms with E-state index in [0.29, 0.717) is 17.1 Å². The molecule has 0 amide bonds. The van der Waals surface area contributed by atoms with Crippen molar-refractivity contribution in [2.45, 2.75) is 13.8 Å². The summed E-state index contributed by atoms with van der Waals surface area (Å²) in [5.74, 6) is 2.05. The first-order chi connectivity index (χ1) is 8.11. The molecule has 17 heavy (non-hydrogen) atoms. The van der Waals surface area contributed by atoms with Crippen LogP contribution in [0.4, 0.5) is 0 Å². The number of hydrogen-bond donors (Lipinski definition) is 0. The van der Waals surface area contributed by atoms with Crippen molar-refractivity contribution in [3.63, 3.8) is 0 Å². The van der Waals surface area contributed by atoms with Crippen LogP contribution in [0.2, 0.25) is 0 Å². The molecule has 0 spiro atoms. The normalized spacial score (nSPS) is 15.9. The Hall–Kier alpha value is -2.03. The Bertz CT molecular complexity index is 524. The molecule has 1 aromatic rings. The van der Waals surface area contributed by atoms with Crippen molar-refractivity contribution >= 4 is 11.9 Å². The molecule has 1 aliphatic heterocycles. The van der Waals surface area contributed by atoms with Crippen LogP contribution in [-0.4, -0.2) is 12.9 Å². The Morgan fingerprint density at radius 2 is 2.00 bits per heavy atom. The van der Waals surface area contributed by atoms with Gasteiger partial charge >= 0.3 is 0 Å². The van der Waals surface area contributed by atoms with Crippen molar-refractivity contribution in [1.29, 1.82) is 0 Å². The summed E-state index contributed by atoms with van der Waals surface area (Å²) in [6.07, 6.45) is 3.74. The molecular formula is C14H14O3. The number of ketones is 1. The number of ether oxygens (including phenoxy) is 2. The molecule has 1 aliphatic rings. The number of Topliss-reactive ketones (excluding diaryl/α,β-unsaturated/α-hetero) is 1. The molecule has 0 radical (unpaired) electrons. The van der Waals surface area contributed by atoms with Crippen LogP contribution < -0.4 is 9.47 Å². The minimum Gasteiger partial charge on any atom is -0.497 e. The number of carbonyl (C=O) groups is 1. The van der Waals surface area contributed by atoms with E-state index in [1.165, 1.54) is 6.92 Å². The maximum absolute atomic E-state index is 11.3. The molecule has 3 nitrogen and oxygen atoms in total. The third kappa shape index (κ3) is 2.23. The maximum Gasteiger partial charge on any atom is 0.159 e. The fraction of sp³-hybridized carbons (Fsp3) is 0.214. The molecule has 0 bridgehead atoms. The zero-order valence-electron chi connectivity index (χ0n) is 10.1. The molecule has 0 aromatic heterocycles. The Labute approximate surface area is 100 Å². The molecule has 0 N–H and O–H groups in total. The zero-order valence-corrected chi connectivity index (χ0v) is 10.1. The maximum atomic E-state index is 11.3. The van der Waals surface area contributed by atoms with Gasteiger partial charge in [-0.1, -0.05) is 0 Å². The minimum absolute atomic E-state index is 0.0102. The number of carbonyl (C=O) groups excluding carboxylic acids is 1. The van der Waals surface area contributed by atoms with E-state index in [4.69, 9.17) is 9.47 Å². The van der Waals surface area contributed by atoms with Gasteiger partial charge in [-0.15, -0.1) is 0 Å². The summed E-state index contributed by atoms with van der Waals surface area (Å²) >= 11 is 0.